The molecule has 1 fully saturated rings. The van der Waals surface area contributed by atoms with Crippen molar-refractivity contribution in [2.75, 3.05) is 6.54 Å². The lowest BCUT2D eigenvalue weighted by atomic mass is 10.0. The Morgan fingerprint density at radius 2 is 2.17 bits per heavy atom. The summed E-state index contributed by atoms with van der Waals surface area (Å²) in [5.41, 5.74) is 1.31. The van der Waals surface area contributed by atoms with E-state index in [9.17, 15) is 4.79 Å². The minimum atomic E-state index is 0.174. The summed E-state index contributed by atoms with van der Waals surface area (Å²) < 4.78 is 0. The Bertz CT molecular complexity index is 377. The lowest BCUT2D eigenvalue weighted by Gasteiger charge is -2.23. The lowest BCUT2D eigenvalue weighted by molar-refractivity contribution is -0.121. The number of carbonyl (C=O) groups excluding carboxylic acids is 1. The smallest absolute Gasteiger partial charge is 0.221 e. The number of nitrogens with one attached hydrogen (secondary N) is 2. The standard InChI is InChI=1S/C15H22N2O/c1-2-14(12-7-4-3-5-8-12)17-13-9-6-10-16-15(18)11-13/h3-5,7-8,13-14,17H,2,6,9-11H2,1H3,(H,16,18). The van der Waals surface area contributed by atoms with E-state index in [-0.39, 0.29) is 5.91 Å². The van der Waals surface area contributed by atoms with Crippen LogP contribution in [0.4, 0.5) is 0 Å². The fourth-order valence-electron chi connectivity index (χ4n) is 2.54. The summed E-state index contributed by atoms with van der Waals surface area (Å²) in [6, 6.07) is 11.1. The molecule has 3 nitrogen and oxygen atoms in total. The Morgan fingerprint density at radius 1 is 1.39 bits per heavy atom. The molecule has 1 aliphatic heterocycles. The maximum atomic E-state index is 11.5. The van der Waals surface area contributed by atoms with Gasteiger partial charge >= 0.3 is 0 Å². The molecule has 0 spiro atoms. The summed E-state index contributed by atoms with van der Waals surface area (Å²) in [5, 5.41) is 6.56. The van der Waals surface area contributed by atoms with Gasteiger partial charge in [0.1, 0.15) is 0 Å². The molecule has 0 radical (unpaired) electrons. The highest BCUT2D eigenvalue weighted by Gasteiger charge is 2.20. The van der Waals surface area contributed by atoms with Crippen LogP contribution in [-0.2, 0) is 4.79 Å². The van der Waals surface area contributed by atoms with E-state index in [4.69, 9.17) is 0 Å². The number of rotatable bonds is 4. The zero-order valence-electron chi connectivity index (χ0n) is 11.0. The molecule has 1 aromatic carbocycles. The molecule has 0 bridgehead atoms. The lowest BCUT2D eigenvalue weighted by Crippen LogP contribution is -2.35. The third kappa shape index (κ3) is 3.57. The third-order valence-corrected chi connectivity index (χ3v) is 3.53. The van der Waals surface area contributed by atoms with Crippen LogP contribution in [0.1, 0.15) is 44.2 Å². The van der Waals surface area contributed by atoms with Crippen LogP contribution in [0.3, 0.4) is 0 Å². The van der Waals surface area contributed by atoms with E-state index in [0.29, 0.717) is 18.5 Å². The molecular formula is C15H22N2O. The third-order valence-electron chi connectivity index (χ3n) is 3.53. The van der Waals surface area contributed by atoms with E-state index in [1.165, 1.54) is 5.56 Å². The molecule has 2 unspecified atom stereocenters. The molecule has 0 aliphatic carbocycles. The highest BCUT2D eigenvalue weighted by atomic mass is 16.1. The number of hydrogen-bond donors (Lipinski definition) is 2. The second kappa shape index (κ2) is 6.55. The highest BCUT2D eigenvalue weighted by molar-refractivity contribution is 5.76. The molecular weight excluding hydrogens is 224 g/mol. The summed E-state index contributed by atoms with van der Waals surface area (Å²) in [4.78, 5) is 11.5. The van der Waals surface area contributed by atoms with Crippen molar-refractivity contribution in [1.29, 1.82) is 0 Å². The van der Waals surface area contributed by atoms with Gasteiger partial charge in [-0.2, -0.15) is 0 Å². The van der Waals surface area contributed by atoms with Crippen molar-refractivity contribution in [2.24, 2.45) is 0 Å². The molecule has 1 heterocycles. The average Bonchev–Trinajstić information content (AvgIpc) is 2.61. The van der Waals surface area contributed by atoms with E-state index in [2.05, 4.69) is 41.8 Å². The summed E-state index contributed by atoms with van der Waals surface area (Å²) >= 11 is 0. The predicted octanol–water partition coefficient (Wildman–Crippen LogP) is 2.40. The minimum Gasteiger partial charge on any atom is -0.356 e. The van der Waals surface area contributed by atoms with Crippen LogP contribution in [-0.4, -0.2) is 18.5 Å². The second-order valence-corrected chi connectivity index (χ2v) is 4.93. The number of amides is 1. The first kappa shape index (κ1) is 13.1. The van der Waals surface area contributed by atoms with Gasteiger partial charge in [0, 0.05) is 25.0 Å². The monoisotopic (exact) mass is 246 g/mol. The molecule has 18 heavy (non-hydrogen) atoms. The highest BCUT2D eigenvalue weighted by Crippen LogP contribution is 2.19. The van der Waals surface area contributed by atoms with Crippen LogP contribution in [0.5, 0.6) is 0 Å². The van der Waals surface area contributed by atoms with E-state index in [0.717, 1.165) is 25.8 Å². The van der Waals surface area contributed by atoms with Gasteiger partial charge in [-0.05, 0) is 24.8 Å². The number of carbonyl (C=O) groups is 1. The van der Waals surface area contributed by atoms with E-state index in [1.54, 1.807) is 0 Å². The molecule has 1 aliphatic rings. The number of benzene rings is 1. The van der Waals surface area contributed by atoms with E-state index in [1.807, 2.05) is 6.07 Å². The van der Waals surface area contributed by atoms with Gasteiger partial charge in [-0.1, -0.05) is 37.3 Å². The molecule has 0 aromatic heterocycles. The van der Waals surface area contributed by atoms with Gasteiger partial charge in [0.2, 0.25) is 5.91 Å². The first-order valence-corrected chi connectivity index (χ1v) is 6.87. The first-order chi connectivity index (χ1) is 8.79. The average molecular weight is 246 g/mol. The second-order valence-electron chi connectivity index (χ2n) is 4.93. The van der Waals surface area contributed by atoms with Crippen molar-refractivity contribution in [3.05, 3.63) is 35.9 Å². The maximum Gasteiger partial charge on any atom is 0.221 e. The summed E-state index contributed by atoms with van der Waals surface area (Å²) in [6.07, 6.45) is 3.78. The van der Waals surface area contributed by atoms with Gasteiger partial charge in [0.05, 0.1) is 0 Å². The molecule has 2 atom stereocenters. The quantitative estimate of drug-likeness (QED) is 0.856. The van der Waals surface area contributed by atoms with Crippen molar-refractivity contribution < 1.29 is 4.79 Å². The maximum absolute atomic E-state index is 11.5. The van der Waals surface area contributed by atoms with Crippen LogP contribution in [0, 0.1) is 0 Å². The van der Waals surface area contributed by atoms with Crippen LogP contribution < -0.4 is 10.6 Å². The van der Waals surface area contributed by atoms with Crippen LogP contribution in [0.15, 0.2) is 30.3 Å². The molecule has 2 rings (SSSR count). The molecule has 1 amide bonds. The van der Waals surface area contributed by atoms with Crippen LogP contribution in [0.25, 0.3) is 0 Å². The Hall–Kier alpha value is -1.35. The molecule has 2 N–H and O–H groups in total. The summed E-state index contributed by atoms with van der Waals surface area (Å²) in [6.45, 7) is 3.00. The Labute approximate surface area is 109 Å². The zero-order valence-corrected chi connectivity index (χ0v) is 11.0. The number of hydrogen-bond acceptors (Lipinski definition) is 2. The van der Waals surface area contributed by atoms with E-state index >= 15 is 0 Å². The molecule has 3 heteroatoms. The Balaban J connectivity index is 1.99. The minimum absolute atomic E-state index is 0.174. The van der Waals surface area contributed by atoms with Gasteiger partial charge in [-0.3, -0.25) is 4.79 Å². The fraction of sp³-hybridized carbons (Fsp3) is 0.533. The summed E-state index contributed by atoms with van der Waals surface area (Å²) in [7, 11) is 0. The first-order valence-electron chi connectivity index (χ1n) is 6.87. The topological polar surface area (TPSA) is 41.1 Å². The largest absolute Gasteiger partial charge is 0.356 e. The van der Waals surface area contributed by atoms with Crippen molar-refractivity contribution in [2.45, 2.75) is 44.7 Å². The van der Waals surface area contributed by atoms with Gasteiger partial charge < -0.3 is 10.6 Å². The van der Waals surface area contributed by atoms with Crippen LogP contribution in [0.2, 0.25) is 0 Å². The summed E-state index contributed by atoms with van der Waals surface area (Å²) in [5.74, 6) is 0.174. The molecule has 0 saturated carbocycles. The van der Waals surface area contributed by atoms with Gasteiger partial charge in [0.25, 0.3) is 0 Å². The fourth-order valence-corrected chi connectivity index (χ4v) is 2.54. The van der Waals surface area contributed by atoms with Gasteiger partial charge in [-0.25, -0.2) is 0 Å². The van der Waals surface area contributed by atoms with Crippen molar-refractivity contribution in [1.82, 2.24) is 10.6 Å². The predicted molar refractivity (Wildman–Crippen MR) is 73.3 cm³/mol. The van der Waals surface area contributed by atoms with Gasteiger partial charge in [-0.15, -0.1) is 0 Å². The van der Waals surface area contributed by atoms with Crippen molar-refractivity contribution in [3.8, 4) is 0 Å². The van der Waals surface area contributed by atoms with E-state index < -0.39 is 0 Å². The Kier molecular flexibility index (Phi) is 4.76. The van der Waals surface area contributed by atoms with Gasteiger partial charge in [0.15, 0.2) is 0 Å². The normalized spacial score (nSPS) is 22.1. The zero-order chi connectivity index (χ0) is 12.8. The molecule has 1 saturated heterocycles. The van der Waals surface area contributed by atoms with Crippen molar-refractivity contribution in [3.63, 3.8) is 0 Å². The Morgan fingerprint density at radius 3 is 2.89 bits per heavy atom. The molecule has 98 valence electrons. The van der Waals surface area contributed by atoms with Crippen LogP contribution >= 0.6 is 0 Å². The molecule has 1 aromatic rings. The SMILES string of the molecule is CCC(NC1CCCNC(=O)C1)c1ccccc1. The van der Waals surface area contributed by atoms with Crippen molar-refractivity contribution >= 4 is 5.91 Å².